The number of aliphatic hydroxyl groups is 2. The molecule has 0 amide bonds. The molecule has 3 nitrogen and oxygen atoms in total. The molecule has 0 spiro atoms. The quantitative estimate of drug-likeness (QED) is 0.890. The summed E-state index contributed by atoms with van der Waals surface area (Å²) in [4.78, 5) is 2.01. The second-order valence-electron chi connectivity index (χ2n) is 6.27. The minimum absolute atomic E-state index is 0.144. The average Bonchev–Trinajstić information content (AvgIpc) is 2.88. The molecule has 0 aromatic heterocycles. The zero-order valence-corrected chi connectivity index (χ0v) is 13.0. The maximum absolute atomic E-state index is 13.7. The van der Waals surface area contributed by atoms with Crippen molar-refractivity contribution < 1.29 is 14.6 Å². The molecule has 4 heteroatoms. The fourth-order valence-corrected chi connectivity index (χ4v) is 3.30. The summed E-state index contributed by atoms with van der Waals surface area (Å²) in [6.45, 7) is 1.56. The number of likely N-dealkylation sites (tertiary alicyclic amines) is 1. The van der Waals surface area contributed by atoms with Gasteiger partial charge in [-0.1, -0.05) is 48.5 Å². The molecular formula is C19H22FNO2. The van der Waals surface area contributed by atoms with Crippen LogP contribution in [0.25, 0.3) is 0 Å². The predicted molar refractivity (Wildman–Crippen MR) is 87.4 cm³/mol. The zero-order valence-electron chi connectivity index (χ0n) is 13.0. The molecular weight excluding hydrogens is 293 g/mol. The number of rotatable bonds is 5. The molecule has 0 radical (unpaired) electrons. The summed E-state index contributed by atoms with van der Waals surface area (Å²) >= 11 is 0. The summed E-state index contributed by atoms with van der Waals surface area (Å²) in [5, 5.41) is 20.5. The number of hydrogen-bond acceptors (Lipinski definition) is 3. The Morgan fingerprint density at radius 2 is 1.74 bits per heavy atom. The molecule has 0 bridgehead atoms. The van der Waals surface area contributed by atoms with Gasteiger partial charge < -0.3 is 10.2 Å². The third-order valence-corrected chi connectivity index (χ3v) is 4.52. The Morgan fingerprint density at radius 3 is 2.48 bits per heavy atom. The number of benzene rings is 2. The van der Waals surface area contributed by atoms with E-state index in [0.717, 1.165) is 6.42 Å². The highest BCUT2D eigenvalue weighted by atomic mass is 19.1. The van der Waals surface area contributed by atoms with Gasteiger partial charge in [-0.25, -0.2) is 4.39 Å². The van der Waals surface area contributed by atoms with Crippen LogP contribution in [-0.2, 0) is 6.42 Å². The van der Waals surface area contributed by atoms with Crippen molar-refractivity contribution in [1.29, 1.82) is 0 Å². The molecule has 2 N–H and O–H groups in total. The molecule has 0 aliphatic carbocycles. The SMILES string of the molecule is OC(CN1C[C@@H](Cc2ccccc2)[C@H](O)C1)c1ccccc1F. The van der Waals surface area contributed by atoms with Gasteiger partial charge in [0.1, 0.15) is 5.82 Å². The van der Waals surface area contributed by atoms with Crippen molar-refractivity contribution in [3.8, 4) is 0 Å². The largest absolute Gasteiger partial charge is 0.391 e. The molecule has 0 saturated carbocycles. The standard InChI is InChI=1S/C19H22FNO2/c20-17-9-5-4-8-16(17)19(23)13-21-11-15(18(22)12-21)10-14-6-2-1-3-7-14/h1-9,15,18-19,22-23H,10-13H2/t15-,18-,19?/m1/s1. The molecule has 23 heavy (non-hydrogen) atoms. The third kappa shape index (κ3) is 3.96. The summed E-state index contributed by atoms with van der Waals surface area (Å²) in [5.74, 6) is -0.245. The average molecular weight is 315 g/mol. The van der Waals surface area contributed by atoms with Crippen LogP contribution in [-0.4, -0.2) is 40.9 Å². The molecule has 122 valence electrons. The fraction of sp³-hybridized carbons (Fsp3) is 0.368. The van der Waals surface area contributed by atoms with Gasteiger partial charge in [-0.05, 0) is 18.1 Å². The van der Waals surface area contributed by atoms with Gasteiger partial charge in [0.2, 0.25) is 0 Å². The highest BCUT2D eigenvalue weighted by Gasteiger charge is 2.32. The first kappa shape index (κ1) is 16.1. The van der Waals surface area contributed by atoms with Crippen molar-refractivity contribution in [3.63, 3.8) is 0 Å². The Balaban J connectivity index is 1.59. The molecule has 1 fully saturated rings. The van der Waals surface area contributed by atoms with Crippen molar-refractivity contribution >= 4 is 0 Å². The van der Waals surface area contributed by atoms with E-state index < -0.39 is 12.2 Å². The minimum atomic E-state index is -0.876. The van der Waals surface area contributed by atoms with Crippen LogP contribution in [0.4, 0.5) is 4.39 Å². The van der Waals surface area contributed by atoms with Gasteiger partial charge in [-0.2, -0.15) is 0 Å². The van der Waals surface area contributed by atoms with Crippen LogP contribution < -0.4 is 0 Å². The maximum atomic E-state index is 13.7. The Labute approximate surface area is 136 Å². The molecule has 2 aromatic rings. The Morgan fingerprint density at radius 1 is 1.04 bits per heavy atom. The van der Waals surface area contributed by atoms with Crippen molar-refractivity contribution in [2.24, 2.45) is 5.92 Å². The molecule has 1 aliphatic heterocycles. The van der Waals surface area contributed by atoms with E-state index in [2.05, 4.69) is 12.1 Å². The number of aliphatic hydroxyl groups excluding tert-OH is 2. The lowest BCUT2D eigenvalue weighted by Gasteiger charge is -2.20. The number of β-amino-alcohol motifs (C(OH)–C–C–N with tert-alkyl or cyclic N) is 2. The smallest absolute Gasteiger partial charge is 0.129 e. The van der Waals surface area contributed by atoms with E-state index in [1.54, 1.807) is 18.2 Å². The molecule has 1 unspecified atom stereocenters. The van der Waals surface area contributed by atoms with Gasteiger partial charge in [0.15, 0.2) is 0 Å². The monoisotopic (exact) mass is 315 g/mol. The van der Waals surface area contributed by atoms with E-state index in [1.807, 2.05) is 23.1 Å². The highest BCUT2D eigenvalue weighted by molar-refractivity contribution is 5.20. The molecule has 1 heterocycles. The van der Waals surface area contributed by atoms with Crippen LogP contribution in [0.3, 0.4) is 0 Å². The first-order chi connectivity index (χ1) is 11.1. The lowest BCUT2D eigenvalue weighted by atomic mass is 9.97. The number of halogens is 1. The first-order valence-corrected chi connectivity index (χ1v) is 8.00. The van der Waals surface area contributed by atoms with Crippen LogP contribution in [0, 0.1) is 11.7 Å². The topological polar surface area (TPSA) is 43.7 Å². The van der Waals surface area contributed by atoms with E-state index >= 15 is 0 Å². The van der Waals surface area contributed by atoms with Gasteiger partial charge >= 0.3 is 0 Å². The van der Waals surface area contributed by atoms with E-state index in [-0.39, 0.29) is 11.7 Å². The number of nitrogens with zero attached hydrogens (tertiary/aromatic N) is 1. The van der Waals surface area contributed by atoms with Crippen LogP contribution in [0.5, 0.6) is 0 Å². The van der Waals surface area contributed by atoms with E-state index in [9.17, 15) is 14.6 Å². The molecule has 1 aliphatic rings. The predicted octanol–water partition coefficient (Wildman–Crippen LogP) is 2.39. The lowest BCUT2D eigenvalue weighted by Crippen LogP contribution is -2.27. The number of hydrogen-bond donors (Lipinski definition) is 2. The minimum Gasteiger partial charge on any atom is -0.391 e. The van der Waals surface area contributed by atoms with E-state index in [4.69, 9.17) is 0 Å². The Kier molecular flexibility index (Phi) is 5.06. The van der Waals surface area contributed by atoms with Crippen molar-refractivity contribution in [2.45, 2.75) is 18.6 Å². The van der Waals surface area contributed by atoms with Crippen molar-refractivity contribution in [3.05, 3.63) is 71.5 Å². The van der Waals surface area contributed by atoms with Crippen molar-refractivity contribution in [2.75, 3.05) is 19.6 Å². The van der Waals surface area contributed by atoms with E-state index in [0.29, 0.717) is 25.2 Å². The Hall–Kier alpha value is -1.75. The molecule has 2 aromatic carbocycles. The van der Waals surface area contributed by atoms with Gasteiger partial charge in [-0.15, -0.1) is 0 Å². The van der Waals surface area contributed by atoms with Gasteiger partial charge in [-0.3, -0.25) is 4.90 Å². The van der Waals surface area contributed by atoms with Crippen molar-refractivity contribution in [1.82, 2.24) is 4.90 Å². The van der Waals surface area contributed by atoms with Gasteiger partial charge in [0, 0.05) is 31.1 Å². The molecule has 3 atom stereocenters. The first-order valence-electron chi connectivity index (χ1n) is 8.00. The summed E-state index contributed by atoms with van der Waals surface area (Å²) in [5.41, 5.74) is 1.52. The summed E-state index contributed by atoms with van der Waals surface area (Å²) < 4.78 is 13.7. The van der Waals surface area contributed by atoms with E-state index in [1.165, 1.54) is 11.6 Å². The molecule has 3 rings (SSSR count). The van der Waals surface area contributed by atoms with Crippen LogP contribution in [0.2, 0.25) is 0 Å². The highest BCUT2D eigenvalue weighted by Crippen LogP contribution is 2.25. The second kappa shape index (κ2) is 7.21. The second-order valence-corrected chi connectivity index (χ2v) is 6.27. The lowest BCUT2D eigenvalue weighted by molar-refractivity contribution is 0.109. The van der Waals surface area contributed by atoms with Gasteiger partial charge in [0.25, 0.3) is 0 Å². The fourth-order valence-electron chi connectivity index (χ4n) is 3.30. The molecule has 1 saturated heterocycles. The summed E-state index contributed by atoms with van der Waals surface area (Å²) in [6.07, 6.45) is -0.476. The Bertz CT molecular complexity index is 634. The van der Waals surface area contributed by atoms with Crippen LogP contribution in [0.1, 0.15) is 17.2 Å². The third-order valence-electron chi connectivity index (χ3n) is 4.52. The normalized spacial score (nSPS) is 23.1. The summed E-state index contributed by atoms with van der Waals surface area (Å²) in [6, 6.07) is 16.4. The van der Waals surface area contributed by atoms with Crippen LogP contribution in [0.15, 0.2) is 54.6 Å². The van der Waals surface area contributed by atoms with Crippen LogP contribution >= 0.6 is 0 Å². The maximum Gasteiger partial charge on any atom is 0.129 e. The summed E-state index contributed by atoms with van der Waals surface area (Å²) in [7, 11) is 0. The van der Waals surface area contributed by atoms with Gasteiger partial charge in [0.05, 0.1) is 12.2 Å². The zero-order chi connectivity index (χ0) is 16.2.